The lowest BCUT2D eigenvalue weighted by molar-refractivity contribution is 0.0677. The van der Waals surface area contributed by atoms with E-state index in [-0.39, 0.29) is 6.04 Å². The van der Waals surface area contributed by atoms with Gasteiger partial charge in [-0.1, -0.05) is 44.2 Å². The Morgan fingerprint density at radius 3 is 2.59 bits per heavy atom. The van der Waals surface area contributed by atoms with E-state index in [9.17, 15) is 0 Å². The lowest BCUT2D eigenvalue weighted by Crippen LogP contribution is -2.25. The number of rotatable bonds is 1. The summed E-state index contributed by atoms with van der Waals surface area (Å²) in [5.74, 6) is 0.957. The highest BCUT2D eigenvalue weighted by Gasteiger charge is 2.25. The van der Waals surface area contributed by atoms with Gasteiger partial charge >= 0.3 is 0 Å². The minimum absolute atomic E-state index is 0.152. The molecular formula is C18H21N3O. The van der Waals surface area contributed by atoms with Crippen molar-refractivity contribution in [2.45, 2.75) is 33.4 Å². The Labute approximate surface area is 130 Å². The molecule has 3 heterocycles. The number of pyridine rings is 1. The van der Waals surface area contributed by atoms with E-state index in [1.807, 2.05) is 39.0 Å². The Kier molecular flexibility index (Phi) is 4.20. The van der Waals surface area contributed by atoms with Gasteiger partial charge in [0.2, 0.25) is 0 Å². The van der Waals surface area contributed by atoms with Gasteiger partial charge in [0.25, 0.3) is 0 Å². The minimum Gasteiger partial charge on any atom is -0.371 e. The molecule has 1 aromatic carbocycles. The lowest BCUT2D eigenvalue weighted by atomic mass is 10.1. The average Bonchev–Trinajstić information content (AvgIpc) is 2.95. The summed E-state index contributed by atoms with van der Waals surface area (Å²) >= 11 is 0. The molecule has 3 aromatic rings. The molecule has 0 saturated heterocycles. The maximum absolute atomic E-state index is 5.71. The van der Waals surface area contributed by atoms with Gasteiger partial charge in [0.15, 0.2) is 5.65 Å². The zero-order valence-electron chi connectivity index (χ0n) is 13.3. The molecule has 1 atom stereocenters. The van der Waals surface area contributed by atoms with Gasteiger partial charge in [0.1, 0.15) is 17.9 Å². The maximum atomic E-state index is 5.71. The molecule has 0 N–H and O–H groups in total. The molecule has 1 unspecified atom stereocenters. The van der Waals surface area contributed by atoms with Crippen LogP contribution in [0.25, 0.3) is 11.2 Å². The second kappa shape index (κ2) is 6.28. The summed E-state index contributed by atoms with van der Waals surface area (Å²) in [4.78, 5) is 9.32. The van der Waals surface area contributed by atoms with Crippen LogP contribution >= 0.6 is 0 Å². The van der Waals surface area contributed by atoms with Crippen LogP contribution in [-0.4, -0.2) is 21.1 Å². The summed E-state index contributed by atoms with van der Waals surface area (Å²) in [5, 5.41) is 0. The number of hydrogen-bond donors (Lipinski definition) is 0. The monoisotopic (exact) mass is 295 g/mol. The van der Waals surface area contributed by atoms with E-state index >= 15 is 0 Å². The zero-order valence-corrected chi connectivity index (χ0v) is 13.3. The molecule has 114 valence electrons. The van der Waals surface area contributed by atoms with Crippen LogP contribution in [0.5, 0.6) is 0 Å². The first kappa shape index (κ1) is 14.7. The summed E-state index contributed by atoms with van der Waals surface area (Å²) < 4.78 is 7.94. The quantitative estimate of drug-likeness (QED) is 0.684. The molecule has 0 aliphatic carbocycles. The van der Waals surface area contributed by atoms with Crippen LogP contribution in [0.15, 0.2) is 42.5 Å². The lowest BCUT2D eigenvalue weighted by Gasteiger charge is -2.26. The van der Waals surface area contributed by atoms with E-state index in [0.29, 0.717) is 13.2 Å². The third-order valence-electron chi connectivity index (χ3n) is 3.75. The Morgan fingerprint density at radius 1 is 1.05 bits per heavy atom. The standard InChI is InChI=1S/C16H15N3O.C2H6/c1-11-7-8-13-16(17-11)19-14(9-20-10-15(19)18-13)12-5-3-2-4-6-12;1-2/h2-8,14H,9-10H2,1H3;1-2H3. The number of fused-ring (bicyclic) bond motifs is 3. The molecule has 2 aromatic heterocycles. The van der Waals surface area contributed by atoms with Gasteiger partial charge in [0, 0.05) is 5.69 Å². The van der Waals surface area contributed by atoms with Crippen molar-refractivity contribution in [3.8, 4) is 0 Å². The van der Waals surface area contributed by atoms with Crippen LogP contribution in [0.2, 0.25) is 0 Å². The molecule has 1 aliphatic rings. The predicted octanol–water partition coefficient (Wildman–Crippen LogP) is 3.89. The first-order valence-corrected chi connectivity index (χ1v) is 7.80. The second-order valence-corrected chi connectivity index (χ2v) is 5.14. The fraction of sp³-hybridized carbons (Fsp3) is 0.333. The normalized spacial score (nSPS) is 16.8. The molecule has 0 radical (unpaired) electrons. The highest BCUT2D eigenvalue weighted by molar-refractivity contribution is 5.72. The maximum Gasteiger partial charge on any atom is 0.160 e. The fourth-order valence-corrected chi connectivity index (χ4v) is 2.80. The van der Waals surface area contributed by atoms with Crippen LogP contribution in [0.3, 0.4) is 0 Å². The molecule has 0 amide bonds. The van der Waals surface area contributed by atoms with Crippen molar-refractivity contribution >= 4 is 11.2 Å². The summed E-state index contributed by atoms with van der Waals surface area (Å²) in [6.45, 7) is 7.23. The number of benzene rings is 1. The number of aromatic nitrogens is 3. The van der Waals surface area contributed by atoms with Crippen LogP contribution in [0, 0.1) is 6.92 Å². The fourth-order valence-electron chi connectivity index (χ4n) is 2.80. The summed E-state index contributed by atoms with van der Waals surface area (Å²) in [6.07, 6.45) is 0. The van der Waals surface area contributed by atoms with E-state index in [0.717, 1.165) is 22.7 Å². The molecule has 0 bridgehead atoms. The van der Waals surface area contributed by atoms with Crippen LogP contribution in [0.4, 0.5) is 0 Å². The SMILES string of the molecule is CC.Cc1ccc2nc3n(c2n1)C(c1ccccc1)COC3. The van der Waals surface area contributed by atoms with Gasteiger partial charge in [-0.05, 0) is 24.6 Å². The Morgan fingerprint density at radius 2 is 1.82 bits per heavy atom. The van der Waals surface area contributed by atoms with E-state index < -0.39 is 0 Å². The van der Waals surface area contributed by atoms with Crippen LogP contribution < -0.4 is 0 Å². The van der Waals surface area contributed by atoms with E-state index in [1.54, 1.807) is 0 Å². The topological polar surface area (TPSA) is 39.9 Å². The van der Waals surface area contributed by atoms with Crippen molar-refractivity contribution in [2.24, 2.45) is 0 Å². The van der Waals surface area contributed by atoms with Crippen molar-refractivity contribution in [3.05, 3.63) is 59.5 Å². The third-order valence-corrected chi connectivity index (χ3v) is 3.75. The molecule has 0 spiro atoms. The number of aryl methyl sites for hydroxylation is 1. The van der Waals surface area contributed by atoms with Gasteiger partial charge in [-0.2, -0.15) is 0 Å². The Hall–Kier alpha value is -2.20. The molecule has 22 heavy (non-hydrogen) atoms. The molecule has 0 saturated carbocycles. The van der Waals surface area contributed by atoms with Crippen molar-refractivity contribution in [3.63, 3.8) is 0 Å². The first-order valence-electron chi connectivity index (χ1n) is 7.80. The summed E-state index contributed by atoms with van der Waals surface area (Å²) in [7, 11) is 0. The van der Waals surface area contributed by atoms with Gasteiger partial charge in [-0.3, -0.25) is 0 Å². The van der Waals surface area contributed by atoms with E-state index in [1.165, 1.54) is 5.56 Å². The van der Waals surface area contributed by atoms with Gasteiger partial charge in [0.05, 0.1) is 12.6 Å². The largest absolute Gasteiger partial charge is 0.371 e. The molecule has 0 fully saturated rings. The van der Waals surface area contributed by atoms with Crippen LogP contribution in [-0.2, 0) is 11.3 Å². The molecular weight excluding hydrogens is 274 g/mol. The van der Waals surface area contributed by atoms with E-state index in [2.05, 4.69) is 38.8 Å². The number of hydrogen-bond acceptors (Lipinski definition) is 3. The molecule has 4 heteroatoms. The average molecular weight is 295 g/mol. The first-order chi connectivity index (χ1) is 10.8. The third kappa shape index (κ3) is 2.50. The summed E-state index contributed by atoms with van der Waals surface area (Å²) in [6, 6.07) is 14.6. The van der Waals surface area contributed by atoms with Gasteiger partial charge in [-0.25, -0.2) is 9.97 Å². The van der Waals surface area contributed by atoms with Crippen molar-refractivity contribution in [1.29, 1.82) is 0 Å². The highest BCUT2D eigenvalue weighted by atomic mass is 16.5. The predicted molar refractivity (Wildman–Crippen MR) is 87.9 cm³/mol. The smallest absolute Gasteiger partial charge is 0.160 e. The van der Waals surface area contributed by atoms with Crippen molar-refractivity contribution in [1.82, 2.24) is 14.5 Å². The van der Waals surface area contributed by atoms with Gasteiger partial charge in [-0.15, -0.1) is 0 Å². The molecule has 4 nitrogen and oxygen atoms in total. The number of imidazole rings is 1. The zero-order chi connectivity index (χ0) is 15.5. The minimum atomic E-state index is 0.152. The number of nitrogens with zero attached hydrogens (tertiary/aromatic N) is 3. The second-order valence-electron chi connectivity index (χ2n) is 5.14. The van der Waals surface area contributed by atoms with Crippen molar-refractivity contribution < 1.29 is 4.74 Å². The highest BCUT2D eigenvalue weighted by Crippen LogP contribution is 2.29. The van der Waals surface area contributed by atoms with Crippen molar-refractivity contribution in [2.75, 3.05) is 6.61 Å². The Bertz CT molecular complexity index is 765. The molecule has 4 rings (SSSR count). The van der Waals surface area contributed by atoms with Crippen LogP contribution in [0.1, 0.15) is 37.0 Å². The Balaban J connectivity index is 0.000000693. The number of ether oxygens (including phenoxy) is 1. The summed E-state index contributed by atoms with van der Waals surface area (Å²) in [5.41, 5.74) is 4.14. The van der Waals surface area contributed by atoms with E-state index in [4.69, 9.17) is 4.74 Å². The molecule has 1 aliphatic heterocycles. The van der Waals surface area contributed by atoms with Gasteiger partial charge < -0.3 is 9.30 Å².